The zero-order valence-electron chi connectivity index (χ0n) is 23.3. The Bertz CT molecular complexity index is 1540. The lowest BCUT2D eigenvalue weighted by Crippen LogP contribution is -2.68. The van der Waals surface area contributed by atoms with Crippen molar-refractivity contribution in [2.24, 2.45) is 5.41 Å². The van der Waals surface area contributed by atoms with Gasteiger partial charge in [0, 0.05) is 18.1 Å². The molecule has 3 nitrogen and oxygen atoms in total. The van der Waals surface area contributed by atoms with Crippen molar-refractivity contribution in [1.29, 1.82) is 0 Å². The number of aromatic nitrogens is 1. The standard InChI is InChI=1S/C34H38N2O/c1-9-13-25(33(3,4)5)29-22(2)19-21-36-31-23(29)14-10-17-27(31)37-28-18-11-15-24(32(28)36)30-26(34(6,7)8)16-12-20-35(30)36/h9-18,20H,2,19,21H2,1,3-8H3/q+2/b13-9-,29-25-. The van der Waals surface area contributed by atoms with Crippen LogP contribution < -0.4 is 14.0 Å². The molecule has 0 N–H and O–H groups in total. The SMILES string of the molecule is C=C1CC[N+]23c4c(cccc4/C1=C(/C=C\C)C(C)(C)C)Oc1cccc(c12)-c1c(C(C)(C)C)ccc[n+]13. The Morgan fingerprint density at radius 2 is 1.57 bits per heavy atom. The first kappa shape index (κ1) is 23.9. The Balaban J connectivity index is 1.80. The Labute approximate surface area is 221 Å². The normalized spacial score (nSPS) is 21.2. The molecule has 188 valence electrons. The minimum absolute atomic E-state index is 0.00302. The molecule has 0 aliphatic carbocycles. The molecule has 2 aromatic carbocycles. The average molecular weight is 491 g/mol. The smallest absolute Gasteiger partial charge is 0.283 e. The molecule has 3 aromatic rings. The van der Waals surface area contributed by atoms with E-state index in [2.05, 4.69) is 127 Å². The van der Waals surface area contributed by atoms with Gasteiger partial charge in [-0.2, -0.15) is 0 Å². The fourth-order valence-corrected chi connectivity index (χ4v) is 6.62. The first-order valence-electron chi connectivity index (χ1n) is 13.5. The Morgan fingerprint density at radius 1 is 0.919 bits per heavy atom. The molecule has 0 saturated heterocycles. The van der Waals surface area contributed by atoms with Crippen LogP contribution in [0, 0.1) is 5.41 Å². The number of hydrogen-bond acceptors (Lipinski definition) is 1. The minimum Gasteiger partial charge on any atom is -0.444 e. The van der Waals surface area contributed by atoms with Gasteiger partial charge in [0.25, 0.3) is 11.4 Å². The number of ether oxygens (including phenoxy) is 1. The van der Waals surface area contributed by atoms with Crippen molar-refractivity contribution < 1.29 is 9.41 Å². The van der Waals surface area contributed by atoms with E-state index < -0.39 is 0 Å². The predicted octanol–water partition coefficient (Wildman–Crippen LogP) is 8.80. The minimum atomic E-state index is -0.0310. The molecule has 0 bridgehead atoms. The first-order chi connectivity index (χ1) is 17.5. The maximum atomic E-state index is 6.73. The molecular formula is C34H38N2O+2. The summed E-state index contributed by atoms with van der Waals surface area (Å²) in [6.07, 6.45) is 7.60. The zero-order chi connectivity index (χ0) is 26.3. The van der Waals surface area contributed by atoms with Gasteiger partial charge in [-0.25, -0.2) is 0 Å². The van der Waals surface area contributed by atoms with Crippen LogP contribution in [-0.4, -0.2) is 6.54 Å². The largest absolute Gasteiger partial charge is 0.444 e. The van der Waals surface area contributed by atoms with Crippen molar-refractivity contribution in [3.63, 3.8) is 0 Å². The highest BCUT2D eigenvalue weighted by molar-refractivity contribution is 5.96. The Kier molecular flexibility index (Phi) is 5.04. The van der Waals surface area contributed by atoms with Gasteiger partial charge in [-0.05, 0) is 74.1 Å². The van der Waals surface area contributed by atoms with E-state index >= 15 is 0 Å². The summed E-state index contributed by atoms with van der Waals surface area (Å²) < 4.78 is 9.87. The van der Waals surface area contributed by atoms with Crippen molar-refractivity contribution in [2.45, 2.75) is 60.3 Å². The van der Waals surface area contributed by atoms with Gasteiger partial charge in [-0.15, -0.1) is 0 Å². The third-order valence-corrected chi connectivity index (χ3v) is 8.13. The number of benzene rings is 2. The summed E-state index contributed by atoms with van der Waals surface area (Å²) in [5.74, 6) is 1.89. The quantitative estimate of drug-likeness (QED) is 0.245. The lowest BCUT2D eigenvalue weighted by Gasteiger charge is -2.32. The van der Waals surface area contributed by atoms with Gasteiger partial charge in [0.1, 0.15) is 12.1 Å². The molecule has 3 heteroatoms. The highest BCUT2D eigenvalue weighted by Crippen LogP contribution is 2.61. The summed E-state index contributed by atoms with van der Waals surface area (Å²) in [7, 11) is 0. The fraction of sp³-hybridized carbons (Fsp3) is 0.324. The second kappa shape index (κ2) is 7.79. The molecule has 37 heavy (non-hydrogen) atoms. The second-order valence-corrected chi connectivity index (χ2v) is 12.7. The summed E-state index contributed by atoms with van der Waals surface area (Å²) in [6.45, 7) is 21.5. The van der Waals surface area contributed by atoms with E-state index in [1.165, 1.54) is 50.5 Å². The number of fused-ring (bicyclic) bond motifs is 2. The predicted molar refractivity (Wildman–Crippen MR) is 154 cm³/mol. The lowest BCUT2D eigenvalue weighted by atomic mass is 9.78. The first-order valence-corrected chi connectivity index (χ1v) is 13.5. The van der Waals surface area contributed by atoms with E-state index in [1.807, 2.05) is 0 Å². The molecule has 1 spiro atoms. The number of quaternary nitrogens is 1. The summed E-state index contributed by atoms with van der Waals surface area (Å²) in [4.78, 5) is 0. The lowest BCUT2D eigenvalue weighted by molar-refractivity contribution is -0.780. The van der Waals surface area contributed by atoms with Crippen LogP contribution in [0.15, 0.2) is 84.6 Å². The zero-order valence-corrected chi connectivity index (χ0v) is 23.3. The maximum Gasteiger partial charge on any atom is 0.283 e. The van der Waals surface area contributed by atoms with Gasteiger partial charge in [0.15, 0.2) is 11.5 Å². The summed E-state index contributed by atoms with van der Waals surface area (Å²) in [6, 6.07) is 17.6. The van der Waals surface area contributed by atoms with E-state index in [4.69, 9.17) is 4.74 Å². The van der Waals surface area contributed by atoms with Gasteiger partial charge in [0.05, 0.1) is 5.56 Å². The van der Waals surface area contributed by atoms with Gasteiger partial charge in [0.2, 0.25) is 11.9 Å². The van der Waals surface area contributed by atoms with E-state index in [0.29, 0.717) is 4.59 Å². The Hall–Kier alpha value is -3.43. The van der Waals surface area contributed by atoms with Crippen molar-refractivity contribution in [1.82, 2.24) is 4.59 Å². The molecular weight excluding hydrogens is 452 g/mol. The monoisotopic (exact) mass is 490 g/mol. The van der Waals surface area contributed by atoms with Crippen LogP contribution in [0.25, 0.3) is 16.8 Å². The highest BCUT2D eigenvalue weighted by Gasteiger charge is 2.62. The van der Waals surface area contributed by atoms with Crippen LogP contribution in [0.4, 0.5) is 11.4 Å². The molecule has 3 aliphatic heterocycles. The van der Waals surface area contributed by atoms with Crippen molar-refractivity contribution in [2.75, 3.05) is 6.54 Å². The van der Waals surface area contributed by atoms with E-state index in [1.54, 1.807) is 0 Å². The van der Waals surface area contributed by atoms with Crippen LogP contribution in [0.5, 0.6) is 11.5 Å². The van der Waals surface area contributed by atoms with Crippen molar-refractivity contribution in [3.8, 4) is 22.8 Å². The van der Waals surface area contributed by atoms with Gasteiger partial charge >= 0.3 is 0 Å². The van der Waals surface area contributed by atoms with Crippen molar-refractivity contribution >= 4 is 16.9 Å². The molecule has 6 rings (SSSR count). The Morgan fingerprint density at radius 3 is 2.19 bits per heavy atom. The molecule has 4 heterocycles. The van der Waals surface area contributed by atoms with Crippen LogP contribution in [0.3, 0.4) is 0 Å². The molecule has 3 aliphatic rings. The summed E-state index contributed by atoms with van der Waals surface area (Å²) >= 11 is 0. The number of hydrogen-bond donors (Lipinski definition) is 0. The van der Waals surface area contributed by atoms with Gasteiger partial charge < -0.3 is 4.74 Å². The van der Waals surface area contributed by atoms with E-state index in [-0.39, 0.29) is 10.8 Å². The number of pyridine rings is 1. The molecule has 0 radical (unpaired) electrons. The molecule has 0 amide bonds. The van der Waals surface area contributed by atoms with Crippen LogP contribution in [-0.2, 0) is 5.41 Å². The summed E-state index contributed by atoms with van der Waals surface area (Å²) in [5.41, 5.74) is 11.4. The second-order valence-electron chi connectivity index (χ2n) is 12.7. The van der Waals surface area contributed by atoms with Crippen molar-refractivity contribution in [3.05, 3.63) is 95.7 Å². The number of nitrogens with zero attached hydrogens (tertiary/aromatic N) is 2. The topological polar surface area (TPSA) is 13.1 Å². The third-order valence-electron chi connectivity index (χ3n) is 8.13. The summed E-state index contributed by atoms with van der Waals surface area (Å²) in [5, 5.41) is 0. The molecule has 1 unspecified atom stereocenters. The molecule has 0 fully saturated rings. The number of para-hydroxylation sites is 2. The van der Waals surface area contributed by atoms with Gasteiger partial charge in [-0.3, -0.25) is 0 Å². The fourth-order valence-electron chi connectivity index (χ4n) is 6.62. The van der Waals surface area contributed by atoms with Crippen LogP contribution in [0.2, 0.25) is 0 Å². The third kappa shape index (κ3) is 3.20. The highest BCUT2D eigenvalue weighted by atomic mass is 16.5. The molecule has 0 saturated carbocycles. The average Bonchev–Trinajstić information content (AvgIpc) is 3.06. The maximum absolute atomic E-state index is 6.73. The van der Waals surface area contributed by atoms with Gasteiger partial charge in [-0.1, -0.05) is 72.4 Å². The molecule has 1 aromatic heterocycles. The van der Waals surface area contributed by atoms with E-state index in [0.717, 1.165) is 24.5 Å². The number of rotatable bonds is 1. The number of allylic oxidation sites excluding steroid dienone is 4. The van der Waals surface area contributed by atoms with Crippen LogP contribution >= 0.6 is 0 Å². The molecule has 1 atom stereocenters. The van der Waals surface area contributed by atoms with E-state index in [9.17, 15) is 0 Å². The van der Waals surface area contributed by atoms with Crippen LogP contribution in [0.1, 0.15) is 66.0 Å².